The number of nitrogens with one attached hydrogen (secondary N) is 3. The summed E-state index contributed by atoms with van der Waals surface area (Å²) in [5.41, 5.74) is 9.96. The summed E-state index contributed by atoms with van der Waals surface area (Å²) in [5.74, 6) is 0.910. The normalized spacial score (nSPS) is 22.0. The van der Waals surface area contributed by atoms with E-state index in [4.69, 9.17) is 27.1 Å². The molecular weight excluding hydrogens is 950 g/mol. The molecular formula is C50H66ClN11O6S2. The van der Waals surface area contributed by atoms with Crippen molar-refractivity contribution in [3.05, 3.63) is 64.6 Å². The van der Waals surface area contributed by atoms with E-state index in [1.165, 1.54) is 34.9 Å². The average Bonchev–Trinajstić information content (AvgIpc) is 3.94. The van der Waals surface area contributed by atoms with Crippen molar-refractivity contribution in [3.8, 4) is 16.2 Å². The maximum atomic E-state index is 13.8. The van der Waals surface area contributed by atoms with Crippen LogP contribution < -0.4 is 31.3 Å². The van der Waals surface area contributed by atoms with Crippen LogP contribution in [0.4, 0.5) is 11.6 Å². The first kappa shape index (κ1) is 51.3. The highest BCUT2D eigenvalue weighted by Gasteiger charge is 2.44. The lowest BCUT2D eigenvalue weighted by Gasteiger charge is -2.42. The number of β-amino-alcohol motifs (C(OH)–C–C–N with tert-alkyl or cyclic N) is 1. The number of hydrogen-bond donors (Lipinski definition) is 5. The third-order valence-electron chi connectivity index (χ3n) is 14.2. The number of nitrogens with two attached hydrogens (primary N) is 1. The number of amides is 4. The van der Waals surface area contributed by atoms with Crippen molar-refractivity contribution in [2.24, 2.45) is 22.5 Å². The predicted molar refractivity (Wildman–Crippen MR) is 272 cm³/mol. The van der Waals surface area contributed by atoms with Gasteiger partial charge in [-0.05, 0) is 80.5 Å². The lowest BCUT2D eigenvalue weighted by Crippen LogP contribution is -2.58. The van der Waals surface area contributed by atoms with Crippen LogP contribution in [-0.4, -0.2) is 128 Å². The summed E-state index contributed by atoms with van der Waals surface area (Å²) in [6, 6.07) is 6.00. The number of benzene rings is 1. The highest BCUT2D eigenvalue weighted by atomic mass is 35.5. The summed E-state index contributed by atoms with van der Waals surface area (Å²) >= 11 is 9.85. The van der Waals surface area contributed by atoms with Crippen LogP contribution in [0.1, 0.15) is 90.8 Å². The highest BCUT2D eigenvalue weighted by Crippen LogP contribution is 2.39. The zero-order chi connectivity index (χ0) is 49.9. The number of halogens is 1. The Kier molecular flexibility index (Phi) is 15.9. The molecule has 3 atom stereocenters. The van der Waals surface area contributed by atoms with Gasteiger partial charge in [0.25, 0.3) is 0 Å². The minimum atomic E-state index is -0.912. The van der Waals surface area contributed by atoms with E-state index in [1.807, 2.05) is 68.6 Å². The zero-order valence-corrected chi connectivity index (χ0v) is 43.3. The van der Waals surface area contributed by atoms with Gasteiger partial charge in [0.1, 0.15) is 34.5 Å². The number of aliphatic hydroxyl groups excluding tert-OH is 1. The van der Waals surface area contributed by atoms with Crippen LogP contribution in [0.2, 0.25) is 5.02 Å². The van der Waals surface area contributed by atoms with E-state index in [0.717, 1.165) is 63.4 Å². The first-order valence-electron chi connectivity index (χ1n) is 24.3. The van der Waals surface area contributed by atoms with E-state index >= 15 is 0 Å². The molecule has 20 heteroatoms. The minimum absolute atomic E-state index is 0.00975. The second kappa shape index (κ2) is 21.7. The number of thiazole rings is 1. The van der Waals surface area contributed by atoms with E-state index < -0.39 is 35.4 Å². The van der Waals surface area contributed by atoms with Crippen LogP contribution in [0.15, 0.2) is 58.3 Å². The molecule has 0 spiro atoms. The minimum Gasteiger partial charge on any atom is -0.490 e. The second-order valence-electron chi connectivity index (χ2n) is 20.7. The number of aromatic nitrogens is 4. The maximum Gasteiger partial charge on any atom is 0.246 e. The van der Waals surface area contributed by atoms with Crippen LogP contribution in [0.25, 0.3) is 10.4 Å². The summed E-state index contributed by atoms with van der Waals surface area (Å²) in [4.78, 5) is 79.1. The van der Waals surface area contributed by atoms with Crippen LogP contribution in [0.5, 0.6) is 5.75 Å². The molecule has 4 amide bonds. The van der Waals surface area contributed by atoms with Gasteiger partial charge < -0.3 is 46.2 Å². The zero-order valence-electron chi connectivity index (χ0n) is 40.9. The fourth-order valence-electron chi connectivity index (χ4n) is 9.69. The van der Waals surface area contributed by atoms with Crippen molar-refractivity contribution < 1.29 is 29.0 Å². The Hall–Kier alpha value is -5.08. The number of nitrogens with zero attached hydrogens (tertiary/aromatic N) is 7. The van der Waals surface area contributed by atoms with Crippen LogP contribution in [-0.2, 0) is 25.7 Å². The van der Waals surface area contributed by atoms with Gasteiger partial charge in [-0.15, -0.1) is 11.3 Å². The number of carbonyl (C=O) groups excluding carboxylic acids is 4. The quantitative estimate of drug-likeness (QED) is 0.0914. The summed E-state index contributed by atoms with van der Waals surface area (Å²) in [7, 11) is 0. The number of ether oxygens (including phenoxy) is 1. The van der Waals surface area contributed by atoms with Gasteiger partial charge in [0.05, 0.1) is 51.7 Å². The lowest BCUT2D eigenvalue weighted by atomic mass is 9.80. The first-order chi connectivity index (χ1) is 33.4. The van der Waals surface area contributed by atoms with Crippen LogP contribution >= 0.6 is 34.7 Å². The van der Waals surface area contributed by atoms with Crippen LogP contribution in [0, 0.1) is 23.7 Å². The van der Waals surface area contributed by atoms with Gasteiger partial charge in [0, 0.05) is 75.2 Å². The number of aryl methyl sites for hydroxylation is 1. The molecule has 8 rings (SSSR count). The highest BCUT2D eigenvalue weighted by molar-refractivity contribution is 7.99. The Morgan fingerprint density at radius 1 is 1.03 bits per heavy atom. The Bertz CT molecular complexity index is 2520. The van der Waals surface area contributed by atoms with Crippen molar-refractivity contribution in [2.45, 2.75) is 133 Å². The average molecular weight is 1020 g/mol. The molecule has 376 valence electrons. The topological polar surface area (TPSA) is 221 Å². The summed E-state index contributed by atoms with van der Waals surface area (Å²) in [6.07, 6.45) is 9.17. The Labute approximate surface area is 423 Å². The molecule has 0 radical (unpaired) electrons. The molecule has 3 aliphatic heterocycles. The molecule has 1 saturated carbocycles. The second-order valence-corrected chi connectivity index (χ2v) is 23.0. The van der Waals surface area contributed by atoms with Gasteiger partial charge in [-0.1, -0.05) is 63.2 Å². The summed E-state index contributed by atoms with van der Waals surface area (Å²) < 4.78 is 6.74. The van der Waals surface area contributed by atoms with Gasteiger partial charge in [0.2, 0.25) is 23.6 Å². The van der Waals surface area contributed by atoms with Crippen molar-refractivity contribution >= 4 is 70.0 Å². The third-order valence-corrected chi connectivity index (χ3v) is 16.6. The summed E-state index contributed by atoms with van der Waals surface area (Å²) in [5, 5.41) is 21.1. The molecule has 4 fully saturated rings. The lowest BCUT2D eigenvalue weighted by molar-refractivity contribution is -0.143. The van der Waals surface area contributed by atoms with E-state index in [0.29, 0.717) is 61.9 Å². The van der Waals surface area contributed by atoms with Crippen molar-refractivity contribution in [3.63, 3.8) is 0 Å². The number of piperidine rings is 1. The number of aliphatic hydroxyl groups is 1. The molecule has 3 aromatic heterocycles. The number of likely N-dealkylation sites (tertiary alicyclic amines) is 2. The number of rotatable bonds is 15. The largest absolute Gasteiger partial charge is 0.490 e. The molecule has 70 heavy (non-hydrogen) atoms. The summed E-state index contributed by atoms with van der Waals surface area (Å²) in [6.45, 7) is 14.8. The molecule has 0 bridgehead atoms. The Balaban J connectivity index is 0.836. The predicted octanol–water partition coefficient (Wildman–Crippen LogP) is 6.06. The fraction of sp³-hybridized carbons (Fsp3) is 0.560. The number of anilines is 2. The Morgan fingerprint density at radius 2 is 1.77 bits per heavy atom. The van der Waals surface area contributed by atoms with Gasteiger partial charge >= 0.3 is 0 Å². The molecule has 4 aliphatic rings. The van der Waals surface area contributed by atoms with Gasteiger partial charge in [-0.2, -0.15) is 0 Å². The molecule has 6 heterocycles. The molecule has 3 saturated heterocycles. The molecule has 0 unspecified atom stereocenters. The SMILES string of the molecule is CC(=O)N[C@H](C(=O)N1C[C@H](O)C[C@H]1C(=O)NCc1ccc(-c2scnc2C)cc1OC1CCC(C(=O)N2CC(Nc3nccc(Sc4cnc(N5CCC(C)(CN)CC5)cn4)c3Cl)C2)CC1)C(C)(C)C. The number of carbonyl (C=O) groups is 4. The smallest absolute Gasteiger partial charge is 0.246 e. The Morgan fingerprint density at radius 3 is 2.41 bits per heavy atom. The van der Waals surface area contributed by atoms with E-state index in [9.17, 15) is 24.3 Å². The van der Waals surface area contributed by atoms with Gasteiger partial charge in [-0.3, -0.25) is 19.2 Å². The number of hydrogen-bond acceptors (Lipinski definition) is 15. The molecule has 1 aromatic carbocycles. The van der Waals surface area contributed by atoms with Crippen molar-refractivity contribution in [2.75, 3.05) is 49.5 Å². The van der Waals surface area contributed by atoms with E-state index in [1.54, 1.807) is 12.4 Å². The van der Waals surface area contributed by atoms with Crippen LogP contribution in [0.3, 0.4) is 0 Å². The molecule has 1 aliphatic carbocycles. The fourth-order valence-corrected chi connectivity index (χ4v) is 11.5. The standard InChI is InChI=1S/C50H66ClN11O6S2/c1-29-43(69-28-57-29)32-7-8-33(21-56-46(65)37-20-35(64)26-62(37)48(67)44(49(3,4)5)58-30(2)63)38(19-32)68-36-11-9-31(10-12-36)47(66)61-24-34(25-61)59-45-42(51)39(13-16-53-45)70-41-23-54-40(22-55-41)60-17-14-50(6,27-52)15-18-60/h7-8,13,16,19,22-23,28,31,34-37,44,64H,9-12,14-15,17-18,20-21,24-27,52H2,1-6H3,(H,53,59)(H,56,65)(H,58,63)/t31?,35-,36?,37+,44-/m1/s1. The number of pyridine rings is 1. The van der Waals surface area contributed by atoms with Gasteiger partial charge in [-0.25, -0.2) is 19.9 Å². The monoisotopic (exact) mass is 1020 g/mol. The van der Waals surface area contributed by atoms with E-state index in [2.05, 4.69) is 42.7 Å². The molecule has 6 N–H and O–H groups in total. The van der Waals surface area contributed by atoms with Crippen molar-refractivity contribution in [1.29, 1.82) is 0 Å². The first-order valence-corrected chi connectivity index (χ1v) is 26.3. The third kappa shape index (κ3) is 12.0. The molecule has 4 aromatic rings. The van der Waals surface area contributed by atoms with E-state index in [-0.39, 0.29) is 54.8 Å². The maximum absolute atomic E-state index is 13.8. The molecule has 17 nitrogen and oxygen atoms in total. The van der Waals surface area contributed by atoms with Crippen molar-refractivity contribution in [1.82, 2.24) is 40.4 Å². The van der Waals surface area contributed by atoms with Gasteiger partial charge in [0.15, 0.2) is 0 Å².